The van der Waals surface area contributed by atoms with E-state index >= 15 is 0 Å². The summed E-state index contributed by atoms with van der Waals surface area (Å²) in [5.41, 5.74) is 1.89. The number of halogens is 1. The van der Waals surface area contributed by atoms with E-state index in [4.69, 9.17) is 16.3 Å². The van der Waals surface area contributed by atoms with Crippen molar-refractivity contribution in [2.75, 3.05) is 7.05 Å². The zero-order valence-corrected chi connectivity index (χ0v) is 11.7. The van der Waals surface area contributed by atoms with Crippen molar-refractivity contribution >= 4 is 11.6 Å². The topological polar surface area (TPSA) is 47.0 Å². The highest BCUT2D eigenvalue weighted by molar-refractivity contribution is 6.31. The minimum atomic E-state index is 0.483. The lowest BCUT2D eigenvalue weighted by Gasteiger charge is -2.08. The average Bonchev–Trinajstić information content (AvgIpc) is 2.42. The number of benzene rings is 1. The number of aryl methyl sites for hydroxylation is 1. The number of rotatable bonds is 5. The first-order valence-corrected chi connectivity index (χ1v) is 6.52. The predicted octanol–water partition coefficient (Wildman–Crippen LogP) is 3.20. The monoisotopic (exact) mass is 277 g/mol. The maximum atomic E-state index is 6.07. The third kappa shape index (κ3) is 3.66. The molecule has 0 unspecified atom stereocenters. The maximum Gasteiger partial charge on any atom is 0.238 e. The summed E-state index contributed by atoms with van der Waals surface area (Å²) in [4.78, 5) is 8.46. The fourth-order valence-electron chi connectivity index (χ4n) is 1.71. The van der Waals surface area contributed by atoms with Gasteiger partial charge in [-0.25, -0.2) is 4.98 Å². The minimum absolute atomic E-state index is 0.483. The van der Waals surface area contributed by atoms with Gasteiger partial charge in [-0.2, -0.15) is 0 Å². The zero-order chi connectivity index (χ0) is 13.7. The van der Waals surface area contributed by atoms with E-state index in [1.54, 1.807) is 12.4 Å². The number of hydrogen-bond donors (Lipinski definition) is 1. The van der Waals surface area contributed by atoms with Gasteiger partial charge in [-0.05, 0) is 37.2 Å². The van der Waals surface area contributed by atoms with Gasteiger partial charge in [-0.3, -0.25) is 4.98 Å². The minimum Gasteiger partial charge on any atom is -0.437 e. The van der Waals surface area contributed by atoms with Gasteiger partial charge in [0, 0.05) is 17.8 Å². The first kappa shape index (κ1) is 13.8. The smallest absolute Gasteiger partial charge is 0.238 e. The summed E-state index contributed by atoms with van der Waals surface area (Å²) in [5, 5.41) is 3.78. The van der Waals surface area contributed by atoms with E-state index in [1.165, 1.54) is 0 Å². The van der Waals surface area contributed by atoms with Gasteiger partial charge in [-0.1, -0.05) is 18.5 Å². The van der Waals surface area contributed by atoms with Crippen LogP contribution in [0.3, 0.4) is 0 Å². The first-order chi connectivity index (χ1) is 9.22. The number of nitrogens with one attached hydrogen (secondary N) is 1. The summed E-state index contributed by atoms with van der Waals surface area (Å²) < 4.78 is 5.70. The fourth-order valence-corrected chi connectivity index (χ4v) is 1.96. The number of hydrogen-bond acceptors (Lipinski definition) is 4. The third-order valence-electron chi connectivity index (χ3n) is 2.64. The van der Waals surface area contributed by atoms with Crippen LogP contribution in [0.4, 0.5) is 0 Å². The summed E-state index contributed by atoms with van der Waals surface area (Å²) in [6.45, 7) is 2.71. The van der Waals surface area contributed by atoms with Crippen LogP contribution in [0, 0.1) is 0 Å². The van der Waals surface area contributed by atoms with Crippen molar-refractivity contribution in [1.82, 2.24) is 15.3 Å². The summed E-state index contributed by atoms with van der Waals surface area (Å²) >= 11 is 6.07. The SMILES string of the molecule is CCc1cc(Oc2cncc(CNC)n2)ccc1Cl. The molecule has 1 aromatic heterocycles. The highest BCUT2D eigenvalue weighted by atomic mass is 35.5. The van der Waals surface area contributed by atoms with Gasteiger partial charge >= 0.3 is 0 Å². The van der Waals surface area contributed by atoms with Crippen LogP contribution < -0.4 is 10.1 Å². The zero-order valence-electron chi connectivity index (χ0n) is 11.0. The second-order valence-electron chi connectivity index (χ2n) is 4.09. The van der Waals surface area contributed by atoms with Crippen LogP contribution in [0.1, 0.15) is 18.2 Å². The van der Waals surface area contributed by atoms with Crippen LogP contribution in [0.5, 0.6) is 11.6 Å². The Morgan fingerprint density at radius 3 is 2.89 bits per heavy atom. The third-order valence-corrected chi connectivity index (χ3v) is 3.01. The molecule has 1 N–H and O–H groups in total. The molecule has 0 atom stereocenters. The molecule has 0 radical (unpaired) electrons. The second-order valence-corrected chi connectivity index (χ2v) is 4.50. The Morgan fingerprint density at radius 2 is 2.16 bits per heavy atom. The molecular formula is C14H16ClN3O. The average molecular weight is 278 g/mol. The van der Waals surface area contributed by atoms with Crippen molar-refractivity contribution < 1.29 is 4.74 Å². The predicted molar refractivity (Wildman–Crippen MR) is 75.7 cm³/mol. The summed E-state index contributed by atoms with van der Waals surface area (Å²) in [6.07, 6.45) is 4.17. The molecule has 19 heavy (non-hydrogen) atoms. The van der Waals surface area contributed by atoms with E-state index in [0.29, 0.717) is 12.4 Å². The largest absolute Gasteiger partial charge is 0.437 e. The Balaban J connectivity index is 2.18. The van der Waals surface area contributed by atoms with Crippen molar-refractivity contribution in [3.8, 4) is 11.6 Å². The van der Waals surface area contributed by atoms with Crippen LogP contribution >= 0.6 is 11.6 Å². The molecule has 1 heterocycles. The quantitative estimate of drug-likeness (QED) is 0.912. The number of aromatic nitrogens is 2. The van der Waals surface area contributed by atoms with Crippen LogP contribution in [0.2, 0.25) is 5.02 Å². The van der Waals surface area contributed by atoms with Gasteiger partial charge in [0.15, 0.2) is 0 Å². The Hall–Kier alpha value is -1.65. The molecule has 0 fully saturated rings. The van der Waals surface area contributed by atoms with E-state index in [9.17, 15) is 0 Å². The molecule has 100 valence electrons. The fraction of sp³-hybridized carbons (Fsp3) is 0.286. The van der Waals surface area contributed by atoms with E-state index in [2.05, 4.69) is 22.2 Å². The Morgan fingerprint density at radius 1 is 1.32 bits per heavy atom. The molecule has 0 saturated heterocycles. The molecule has 5 heteroatoms. The van der Waals surface area contributed by atoms with Crippen LogP contribution in [0.15, 0.2) is 30.6 Å². The van der Waals surface area contributed by atoms with E-state index in [-0.39, 0.29) is 0 Å². The van der Waals surface area contributed by atoms with Crippen molar-refractivity contribution in [2.45, 2.75) is 19.9 Å². The molecule has 2 rings (SSSR count). The standard InChI is InChI=1S/C14H16ClN3O/c1-3-10-6-12(4-5-13(10)15)19-14-9-17-8-11(18-14)7-16-2/h4-6,8-9,16H,3,7H2,1-2H3. The molecule has 0 bridgehead atoms. The van der Waals surface area contributed by atoms with E-state index in [0.717, 1.165) is 28.5 Å². The Labute approximate surface area is 117 Å². The molecule has 1 aromatic carbocycles. The van der Waals surface area contributed by atoms with Crippen LogP contribution in [-0.2, 0) is 13.0 Å². The highest BCUT2D eigenvalue weighted by Crippen LogP contribution is 2.25. The summed E-state index contributed by atoms with van der Waals surface area (Å²) in [6, 6.07) is 5.59. The highest BCUT2D eigenvalue weighted by Gasteiger charge is 2.04. The summed E-state index contributed by atoms with van der Waals surface area (Å²) in [7, 11) is 1.86. The normalized spacial score (nSPS) is 10.5. The van der Waals surface area contributed by atoms with Crippen LogP contribution in [0.25, 0.3) is 0 Å². The van der Waals surface area contributed by atoms with Crippen molar-refractivity contribution in [3.05, 3.63) is 46.9 Å². The van der Waals surface area contributed by atoms with Gasteiger partial charge in [0.25, 0.3) is 0 Å². The molecule has 0 aliphatic rings. The molecular weight excluding hydrogens is 262 g/mol. The first-order valence-electron chi connectivity index (χ1n) is 6.14. The number of ether oxygens (including phenoxy) is 1. The Bertz CT molecular complexity index is 560. The molecule has 0 aliphatic carbocycles. The van der Waals surface area contributed by atoms with Gasteiger partial charge in [0.1, 0.15) is 5.75 Å². The summed E-state index contributed by atoms with van der Waals surface area (Å²) in [5.74, 6) is 1.20. The van der Waals surface area contributed by atoms with Gasteiger partial charge < -0.3 is 10.1 Å². The van der Waals surface area contributed by atoms with Gasteiger partial charge in [0.05, 0.1) is 11.9 Å². The molecule has 0 aliphatic heterocycles. The molecule has 0 amide bonds. The molecule has 0 saturated carbocycles. The van der Waals surface area contributed by atoms with Crippen molar-refractivity contribution in [2.24, 2.45) is 0 Å². The molecule has 2 aromatic rings. The van der Waals surface area contributed by atoms with E-state index < -0.39 is 0 Å². The molecule has 4 nitrogen and oxygen atoms in total. The molecule has 0 spiro atoms. The van der Waals surface area contributed by atoms with Crippen molar-refractivity contribution in [3.63, 3.8) is 0 Å². The lowest BCUT2D eigenvalue weighted by molar-refractivity contribution is 0.456. The Kier molecular flexibility index (Phi) is 4.71. The maximum absolute atomic E-state index is 6.07. The van der Waals surface area contributed by atoms with Gasteiger partial charge in [0.2, 0.25) is 5.88 Å². The lowest BCUT2D eigenvalue weighted by Crippen LogP contribution is -2.07. The van der Waals surface area contributed by atoms with E-state index in [1.807, 2.05) is 25.2 Å². The van der Waals surface area contributed by atoms with Crippen LogP contribution in [-0.4, -0.2) is 17.0 Å². The lowest BCUT2D eigenvalue weighted by atomic mass is 10.1. The van der Waals surface area contributed by atoms with Crippen molar-refractivity contribution in [1.29, 1.82) is 0 Å². The van der Waals surface area contributed by atoms with Gasteiger partial charge in [-0.15, -0.1) is 0 Å². The number of nitrogens with zero attached hydrogens (tertiary/aromatic N) is 2. The second kappa shape index (κ2) is 6.50.